The Morgan fingerprint density at radius 3 is 2.79 bits per heavy atom. The van der Waals surface area contributed by atoms with Crippen molar-refractivity contribution >= 4 is 11.0 Å². The smallest absolute Gasteiger partial charge is 0.262 e. The standard InChI is InChI=1S/C13H11FN4O/c1-7-10-12(18(2)17-7)15-11(16-13(10)19)8-5-3-4-6-9(8)14/h3-6H,1-2H3,(H,15,16,19). The highest BCUT2D eigenvalue weighted by Crippen LogP contribution is 2.19. The van der Waals surface area contributed by atoms with E-state index in [0.29, 0.717) is 16.7 Å². The quantitative estimate of drug-likeness (QED) is 0.723. The molecule has 0 radical (unpaired) electrons. The first-order valence-corrected chi connectivity index (χ1v) is 5.76. The van der Waals surface area contributed by atoms with E-state index in [2.05, 4.69) is 15.1 Å². The van der Waals surface area contributed by atoms with Crippen molar-refractivity contribution in [3.8, 4) is 11.4 Å². The van der Waals surface area contributed by atoms with Crippen molar-refractivity contribution in [2.45, 2.75) is 6.92 Å². The molecule has 0 fully saturated rings. The van der Waals surface area contributed by atoms with Gasteiger partial charge in [0.2, 0.25) is 0 Å². The van der Waals surface area contributed by atoms with Gasteiger partial charge in [0.25, 0.3) is 5.56 Å². The van der Waals surface area contributed by atoms with Crippen LogP contribution in [-0.2, 0) is 7.05 Å². The van der Waals surface area contributed by atoms with Crippen LogP contribution in [0.25, 0.3) is 22.4 Å². The Labute approximate surface area is 107 Å². The number of hydrogen-bond acceptors (Lipinski definition) is 3. The van der Waals surface area contributed by atoms with Crippen LogP contribution in [0.5, 0.6) is 0 Å². The van der Waals surface area contributed by atoms with E-state index >= 15 is 0 Å². The molecule has 1 aromatic carbocycles. The number of rotatable bonds is 1. The Morgan fingerprint density at radius 1 is 1.32 bits per heavy atom. The lowest BCUT2D eigenvalue weighted by Gasteiger charge is -2.02. The molecule has 0 saturated heterocycles. The lowest BCUT2D eigenvalue weighted by atomic mass is 10.2. The van der Waals surface area contributed by atoms with Crippen LogP contribution in [0.4, 0.5) is 4.39 Å². The lowest BCUT2D eigenvalue weighted by molar-refractivity contribution is 0.630. The summed E-state index contributed by atoms with van der Waals surface area (Å²) < 4.78 is 15.2. The van der Waals surface area contributed by atoms with E-state index in [4.69, 9.17) is 0 Å². The number of H-pyrrole nitrogens is 1. The molecule has 96 valence electrons. The molecule has 0 bridgehead atoms. The van der Waals surface area contributed by atoms with Gasteiger partial charge in [-0.25, -0.2) is 14.1 Å². The first-order valence-electron chi connectivity index (χ1n) is 5.76. The van der Waals surface area contributed by atoms with Crippen molar-refractivity contribution in [3.63, 3.8) is 0 Å². The molecule has 0 aliphatic heterocycles. The second-order valence-electron chi connectivity index (χ2n) is 4.30. The summed E-state index contributed by atoms with van der Waals surface area (Å²) in [4.78, 5) is 18.9. The maximum atomic E-state index is 13.7. The molecule has 0 spiro atoms. The number of nitrogens with one attached hydrogen (secondary N) is 1. The van der Waals surface area contributed by atoms with Gasteiger partial charge in [-0.2, -0.15) is 5.10 Å². The number of fused-ring (bicyclic) bond motifs is 1. The molecule has 0 saturated carbocycles. The van der Waals surface area contributed by atoms with Crippen LogP contribution in [0.2, 0.25) is 0 Å². The summed E-state index contributed by atoms with van der Waals surface area (Å²) in [6, 6.07) is 6.18. The summed E-state index contributed by atoms with van der Waals surface area (Å²) >= 11 is 0. The summed E-state index contributed by atoms with van der Waals surface area (Å²) in [6.45, 7) is 1.74. The average molecular weight is 258 g/mol. The van der Waals surface area contributed by atoms with E-state index in [9.17, 15) is 9.18 Å². The van der Waals surface area contributed by atoms with Crippen molar-refractivity contribution in [1.82, 2.24) is 19.7 Å². The van der Waals surface area contributed by atoms with E-state index < -0.39 is 5.82 Å². The van der Waals surface area contributed by atoms with Gasteiger partial charge in [0.1, 0.15) is 17.0 Å². The highest BCUT2D eigenvalue weighted by Gasteiger charge is 2.14. The third-order valence-corrected chi connectivity index (χ3v) is 3.00. The van der Waals surface area contributed by atoms with Gasteiger partial charge < -0.3 is 4.98 Å². The zero-order valence-electron chi connectivity index (χ0n) is 10.4. The SMILES string of the molecule is Cc1nn(C)c2nc(-c3ccccc3F)[nH]c(=O)c12. The van der Waals surface area contributed by atoms with Gasteiger partial charge in [0.05, 0.1) is 11.3 Å². The molecule has 0 unspecified atom stereocenters. The molecule has 0 atom stereocenters. The Bertz CT molecular complexity index is 834. The first kappa shape index (κ1) is 11.6. The zero-order chi connectivity index (χ0) is 13.6. The van der Waals surface area contributed by atoms with Crippen LogP contribution < -0.4 is 5.56 Å². The molecular weight excluding hydrogens is 247 g/mol. The summed E-state index contributed by atoms with van der Waals surface area (Å²) in [6.07, 6.45) is 0. The molecular formula is C13H11FN4O. The maximum Gasteiger partial charge on any atom is 0.262 e. The summed E-state index contributed by atoms with van der Waals surface area (Å²) in [5.74, 6) is -0.220. The Morgan fingerprint density at radius 2 is 2.05 bits per heavy atom. The van der Waals surface area contributed by atoms with Crippen molar-refractivity contribution in [2.24, 2.45) is 7.05 Å². The summed E-state index contributed by atoms with van der Waals surface area (Å²) in [5.41, 5.74) is 1.00. The first-order chi connectivity index (χ1) is 9.08. The molecule has 0 aliphatic carbocycles. The topological polar surface area (TPSA) is 63.6 Å². The predicted octanol–water partition coefficient (Wildman–Crippen LogP) is 1.77. The van der Waals surface area contributed by atoms with E-state index in [0.717, 1.165) is 0 Å². The minimum atomic E-state index is -0.427. The van der Waals surface area contributed by atoms with Gasteiger partial charge in [-0.05, 0) is 19.1 Å². The predicted molar refractivity (Wildman–Crippen MR) is 69.3 cm³/mol. The van der Waals surface area contributed by atoms with Crippen LogP contribution in [0.1, 0.15) is 5.69 Å². The molecule has 19 heavy (non-hydrogen) atoms. The highest BCUT2D eigenvalue weighted by atomic mass is 19.1. The van der Waals surface area contributed by atoms with Gasteiger partial charge in [0, 0.05) is 7.05 Å². The molecule has 3 aromatic rings. The maximum absolute atomic E-state index is 13.7. The molecule has 0 aliphatic rings. The number of benzene rings is 1. The number of hydrogen-bond donors (Lipinski definition) is 1. The lowest BCUT2D eigenvalue weighted by Crippen LogP contribution is -2.10. The monoisotopic (exact) mass is 258 g/mol. The Kier molecular flexibility index (Phi) is 2.45. The molecule has 0 amide bonds. The van der Waals surface area contributed by atoms with Crippen molar-refractivity contribution in [3.05, 3.63) is 46.1 Å². The van der Waals surface area contributed by atoms with Crippen LogP contribution >= 0.6 is 0 Å². The molecule has 1 N–H and O–H groups in total. The molecule has 2 aromatic heterocycles. The Balaban J connectivity index is 2.36. The minimum absolute atomic E-state index is 0.207. The second kappa shape index (κ2) is 4.01. The van der Waals surface area contributed by atoms with Crippen LogP contribution in [0.15, 0.2) is 29.1 Å². The summed E-state index contributed by atoms with van der Waals surface area (Å²) in [5, 5.41) is 4.58. The van der Waals surface area contributed by atoms with E-state index in [1.165, 1.54) is 10.7 Å². The van der Waals surface area contributed by atoms with Gasteiger partial charge in [-0.1, -0.05) is 12.1 Å². The highest BCUT2D eigenvalue weighted by molar-refractivity contribution is 5.78. The minimum Gasteiger partial charge on any atom is -0.306 e. The van der Waals surface area contributed by atoms with E-state index in [1.54, 1.807) is 32.2 Å². The van der Waals surface area contributed by atoms with Crippen LogP contribution in [-0.4, -0.2) is 19.7 Å². The fraction of sp³-hybridized carbons (Fsp3) is 0.154. The number of halogens is 1. The molecule has 3 rings (SSSR count). The normalized spacial score (nSPS) is 11.1. The van der Waals surface area contributed by atoms with Gasteiger partial charge in [-0.3, -0.25) is 4.79 Å². The van der Waals surface area contributed by atoms with Crippen LogP contribution in [0.3, 0.4) is 0 Å². The van der Waals surface area contributed by atoms with Gasteiger partial charge >= 0.3 is 0 Å². The largest absolute Gasteiger partial charge is 0.306 e. The van der Waals surface area contributed by atoms with Crippen molar-refractivity contribution in [2.75, 3.05) is 0 Å². The number of aromatic nitrogens is 4. The fourth-order valence-corrected chi connectivity index (χ4v) is 2.12. The van der Waals surface area contributed by atoms with Crippen molar-refractivity contribution in [1.29, 1.82) is 0 Å². The third kappa shape index (κ3) is 1.72. The van der Waals surface area contributed by atoms with Crippen molar-refractivity contribution < 1.29 is 4.39 Å². The van der Waals surface area contributed by atoms with E-state index in [1.807, 2.05) is 0 Å². The van der Waals surface area contributed by atoms with Gasteiger partial charge in [-0.15, -0.1) is 0 Å². The fourth-order valence-electron chi connectivity index (χ4n) is 2.12. The number of aromatic amines is 1. The number of nitrogens with zero attached hydrogens (tertiary/aromatic N) is 3. The summed E-state index contributed by atoms with van der Waals surface area (Å²) in [7, 11) is 1.70. The zero-order valence-corrected chi connectivity index (χ0v) is 10.4. The molecule has 6 heteroatoms. The second-order valence-corrected chi connectivity index (χ2v) is 4.30. The number of aryl methyl sites for hydroxylation is 2. The average Bonchev–Trinajstić information content (AvgIpc) is 2.65. The van der Waals surface area contributed by atoms with Crippen LogP contribution in [0, 0.1) is 12.7 Å². The van der Waals surface area contributed by atoms with Gasteiger partial charge in [0.15, 0.2) is 5.65 Å². The van der Waals surface area contributed by atoms with E-state index in [-0.39, 0.29) is 16.9 Å². The Hall–Kier alpha value is -2.50. The molecule has 5 nitrogen and oxygen atoms in total. The third-order valence-electron chi connectivity index (χ3n) is 3.00. The molecule has 2 heterocycles.